The second-order valence-corrected chi connectivity index (χ2v) is 7.82. The summed E-state index contributed by atoms with van der Waals surface area (Å²) in [5, 5.41) is 7.40. The van der Waals surface area contributed by atoms with Crippen LogP contribution in [0.1, 0.15) is 97.5 Å². The topological polar surface area (TPSA) is 24.1 Å². The lowest BCUT2D eigenvalue weighted by molar-refractivity contribution is 0.593. The highest BCUT2D eigenvalue weighted by Crippen LogP contribution is 2.23. The molecule has 0 spiro atoms. The van der Waals surface area contributed by atoms with Crippen LogP contribution in [0.5, 0.6) is 0 Å². The molecule has 0 aliphatic carbocycles. The van der Waals surface area contributed by atoms with Gasteiger partial charge in [0.25, 0.3) is 0 Å². The average molecular weight is 347 g/mol. The van der Waals surface area contributed by atoms with Gasteiger partial charge in [-0.15, -0.1) is 0 Å². The van der Waals surface area contributed by atoms with Crippen LogP contribution in [0.15, 0.2) is 18.2 Å². The van der Waals surface area contributed by atoms with Crippen molar-refractivity contribution in [1.29, 1.82) is 0 Å². The van der Waals surface area contributed by atoms with Crippen LogP contribution >= 0.6 is 0 Å². The molecule has 2 atom stereocenters. The number of hydrogen-bond donors (Lipinski definition) is 2. The minimum Gasteiger partial charge on any atom is -0.383 e. The van der Waals surface area contributed by atoms with Crippen LogP contribution in [-0.2, 0) is 0 Å². The summed E-state index contributed by atoms with van der Waals surface area (Å²) in [6.07, 6.45) is 13.2. The standard InChI is InChI=1S/C23H42N2/c1-6-8-10-12-14-20(4)24-22-17-16-19(3)23(18-22)25-21(5)15-13-11-9-7-2/h16-18,20-21,24-25H,6-15H2,1-5H3. The largest absolute Gasteiger partial charge is 0.383 e. The molecule has 2 heteroatoms. The number of anilines is 2. The molecule has 144 valence electrons. The summed E-state index contributed by atoms with van der Waals surface area (Å²) in [5.41, 5.74) is 3.86. The van der Waals surface area contributed by atoms with Crippen LogP contribution in [0.25, 0.3) is 0 Å². The van der Waals surface area contributed by atoms with Gasteiger partial charge in [-0.25, -0.2) is 0 Å². The van der Waals surface area contributed by atoms with Crippen molar-refractivity contribution < 1.29 is 0 Å². The number of hydrogen-bond acceptors (Lipinski definition) is 2. The molecule has 0 bridgehead atoms. The number of aryl methyl sites for hydroxylation is 1. The summed E-state index contributed by atoms with van der Waals surface area (Å²) in [7, 11) is 0. The van der Waals surface area contributed by atoms with Crippen molar-refractivity contribution in [1.82, 2.24) is 0 Å². The predicted molar refractivity (Wildman–Crippen MR) is 115 cm³/mol. The summed E-state index contributed by atoms with van der Waals surface area (Å²) in [4.78, 5) is 0. The third-order valence-corrected chi connectivity index (χ3v) is 5.03. The Labute approximate surface area is 157 Å². The van der Waals surface area contributed by atoms with Crippen molar-refractivity contribution >= 4 is 11.4 Å². The quantitative estimate of drug-likeness (QED) is 0.340. The Morgan fingerprint density at radius 1 is 0.760 bits per heavy atom. The van der Waals surface area contributed by atoms with Crippen LogP contribution in [-0.4, -0.2) is 12.1 Å². The van der Waals surface area contributed by atoms with Crippen molar-refractivity contribution in [3.63, 3.8) is 0 Å². The Morgan fingerprint density at radius 2 is 1.32 bits per heavy atom. The van der Waals surface area contributed by atoms with Crippen molar-refractivity contribution in [2.45, 2.75) is 111 Å². The Hall–Kier alpha value is -1.18. The van der Waals surface area contributed by atoms with Gasteiger partial charge in [0.15, 0.2) is 0 Å². The number of nitrogens with one attached hydrogen (secondary N) is 2. The molecule has 1 rings (SSSR count). The first-order valence-corrected chi connectivity index (χ1v) is 10.7. The van der Waals surface area contributed by atoms with Gasteiger partial charge in [-0.05, 0) is 51.3 Å². The summed E-state index contributed by atoms with van der Waals surface area (Å²) in [6, 6.07) is 7.82. The maximum Gasteiger partial charge on any atom is 0.0392 e. The predicted octanol–water partition coefficient (Wildman–Crippen LogP) is 7.54. The maximum atomic E-state index is 3.72. The van der Waals surface area contributed by atoms with Crippen LogP contribution in [0.3, 0.4) is 0 Å². The third kappa shape index (κ3) is 9.77. The molecular formula is C23H42N2. The second kappa shape index (κ2) is 13.1. The maximum absolute atomic E-state index is 3.72. The number of rotatable bonds is 14. The third-order valence-electron chi connectivity index (χ3n) is 5.03. The molecule has 2 N–H and O–H groups in total. The smallest absolute Gasteiger partial charge is 0.0392 e. The Bertz CT molecular complexity index is 455. The van der Waals surface area contributed by atoms with Gasteiger partial charge < -0.3 is 10.6 Å². The fraction of sp³-hybridized carbons (Fsp3) is 0.739. The molecule has 0 aliphatic heterocycles. The Kier molecular flexibility index (Phi) is 11.4. The molecule has 1 aromatic rings. The molecule has 0 saturated heterocycles. The zero-order valence-corrected chi connectivity index (χ0v) is 17.5. The van der Waals surface area contributed by atoms with Crippen molar-refractivity contribution in [3.05, 3.63) is 23.8 Å². The van der Waals surface area contributed by atoms with E-state index in [1.807, 2.05) is 0 Å². The first kappa shape index (κ1) is 21.9. The molecule has 0 aliphatic rings. The molecular weight excluding hydrogens is 304 g/mol. The van der Waals surface area contributed by atoms with Gasteiger partial charge in [0.2, 0.25) is 0 Å². The number of benzene rings is 1. The SMILES string of the molecule is CCCCCCC(C)Nc1ccc(C)c(NC(C)CCCCCC)c1. The van der Waals surface area contributed by atoms with Gasteiger partial charge in [-0.1, -0.05) is 71.3 Å². The first-order valence-electron chi connectivity index (χ1n) is 10.7. The van der Waals surface area contributed by atoms with Crippen LogP contribution in [0, 0.1) is 6.92 Å². The monoisotopic (exact) mass is 346 g/mol. The molecule has 1 aromatic carbocycles. The van der Waals surface area contributed by atoms with Gasteiger partial charge in [-0.2, -0.15) is 0 Å². The van der Waals surface area contributed by atoms with Crippen LogP contribution < -0.4 is 10.6 Å². The normalized spacial score (nSPS) is 13.5. The summed E-state index contributed by atoms with van der Waals surface area (Å²) in [6.45, 7) is 11.4. The molecule has 0 heterocycles. The zero-order chi connectivity index (χ0) is 18.5. The van der Waals surface area contributed by atoms with Gasteiger partial charge in [0, 0.05) is 23.5 Å². The minimum absolute atomic E-state index is 0.539. The molecule has 0 fully saturated rings. The highest BCUT2D eigenvalue weighted by molar-refractivity contribution is 5.61. The fourth-order valence-electron chi connectivity index (χ4n) is 3.32. The van der Waals surface area contributed by atoms with E-state index in [-0.39, 0.29) is 0 Å². The highest BCUT2D eigenvalue weighted by Gasteiger charge is 2.07. The van der Waals surface area contributed by atoms with Crippen molar-refractivity contribution in [3.8, 4) is 0 Å². The van der Waals surface area contributed by atoms with E-state index in [4.69, 9.17) is 0 Å². The molecule has 0 aromatic heterocycles. The Balaban J connectivity index is 2.46. The lowest BCUT2D eigenvalue weighted by Gasteiger charge is -2.20. The average Bonchev–Trinajstić information content (AvgIpc) is 2.58. The van der Waals surface area contributed by atoms with Crippen molar-refractivity contribution in [2.24, 2.45) is 0 Å². The van der Waals surface area contributed by atoms with Crippen molar-refractivity contribution in [2.75, 3.05) is 10.6 Å². The summed E-state index contributed by atoms with van der Waals surface area (Å²) >= 11 is 0. The van der Waals surface area contributed by atoms with E-state index in [0.29, 0.717) is 12.1 Å². The van der Waals surface area contributed by atoms with E-state index in [0.717, 1.165) is 0 Å². The zero-order valence-electron chi connectivity index (χ0n) is 17.5. The van der Waals surface area contributed by atoms with E-state index < -0.39 is 0 Å². The second-order valence-electron chi connectivity index (χ2n) is 7.82. The summed E-state index contributed by atoms with van der Waals surface area (Å²) < 4.78 is 0. The lowest BCUT2D eigenvalue weighted by atomic mass is 10.1. The molecule has 25 heavy (non-hydrogen) atoms. The van der Waals surface area contributed by atoms with Crippen LogP contribution in [0.4, 0.5) is 11.4 Å². The van der Waals surface area contributed by atoms with E-state index in [1.165, 1.54) is 81.1 Å². The fourth-order valence-corrected chi connectivity index (χ4v) is 3.32. The van der Waals surface area contributed by atoms with Crippen LogP contribution in [0.2, 0.25) is 0 Å². The first-order chi connectivity index (χ1) is 12.1. The van der Waals surface area contributed by atoms with Gasteiger partial charge >= 0.3 is 0 Å². The Morgan fingerprint density at radius 3 is 1.88 bits per heavy atom. The van der Waals surface area contributed by atoms with Gasteiger partial charge in [0.1, 0.15) is 0 Å². The molecule has 2 unspecified atom stereocenters. The molecule has 0 amide bonds. The minimum atomic E-state index is 0.539. The van der Waals surface area contributed by atoms with E-state index >= 15 is 0 Å². The van der Waals surface area contributed by atoms with Gasteiger partial charge in [0.05, 0.1) is 0 Å². The van der Waals surface area contributed by atoms with E-state index in [1.54, 1.807) is 0 Å². The summed E-state index contributed by atoms with van der Waals surface area (Å²) in [5.74, 6) is 0. The molecule has 0 saturated carbocycles. The molecule has 2 nitrogen and oxygen atoms in total. The number of unbranched alkanes of at least 4 members (excludes halogenated alkanes) is 6. The van der Waals surface area contributed by atoms with Gasteiger partial charge in [-0.3, -0.25) is 0 Å². The van der Waals surface area contributed by atoms with E-state index in [2.05, 4.69) is 63.5 Å². The lowest BCUT2D eigenvalue weighted by Crippen LogP contribution is -2.17. The van der Waals surface area contributed by atoms with E-state index in [9.17, 15) is 0 Å². The molecule has 0 radical (unpaired) electrons. The highest BCUT2D eigenvalue weighted by atomic mass is 14.9.